The number of aromatic nitrogens is 2. The highest BCUT2D eigenvalue weighted by atomic mass is 32.1. The fraction of sp³-hybridized carbons (Fsp3) is 0.348. The lowest BCUT2D eigenvalue weighted by Gasteiger charge is -2.33. The number of carbonyl (C=O) groups excluding carboxylic acids is 1. The Morgan fingerprint density at radius 1 is 1.23 bits per heavy atom. The summed E-state index contributed by atoms with van der Waals surface area (Å²) in [6, 6.07) is 11.8. The predicted octanol–water partition coefficient (Wildman–Crippen LogP) is 4.25. The van der Waals surface area contributed by atoms with Gasteiger partial charge in [-0.3, -0.25) is 9.78 Å². The molecule has 1 amide bonds. The van der Waals surface area contributed by atoms with Gasteiger partial charge >= 0.3 is 0 Å². The molecule has 30 heavy (non-hydrogen) atoms. The molecule has 0 radical (unpaired) electrons. The van der Waals surface area contributed by atoms with Crippen LogP contribution in [0.3, 0.4) is 0 Å². The zero-order valence-corrected chi connectivity index (χ0v) is 18.6. The summed E-state index contributed by atoms with van der Waals surface area (Å²) in [7, 11) is 4.08. The van der Waals surface area contributed by atoms with Crippen molar-refractivity contribution in [2.75, 3.05) is 32.1 Å². The van der Waals surface area contributed by atoms with E-state index in [-0.39, 0.29) is 5.91 Å². The van der Waals surface area contributed by atoms with E-state index in [0.29, 0.717) is 6.54 Å². The summed E-state index contributed by atoms with van der Waals surface area (Å²) in [5, 5.41) is 0.893. The maximum Gasteiger partial charge on any atom is 0.267 e. The minimum absolute atomic E-state index is 0.00239. The normalized spacial score (nSPS) is 16.0. The van der Waals surface area contributed by atoms with E-state index >= 15 is 0 Å². The van der Waals surface area contributed by atoms with E-state index in [0.717, 1.165) is 51.2 Å². The smallest absolute Gasteiger partial charge is 0.267 e. The first kappa shape index (κ1) is 20.5. The molecule has 0 N–H and O–H groups in total. The van der Waals surface area contributed by atoms with Crippen LogP contribution in [0.2, 0.25) is 0 Å². The third kappa shape index (κ3) is 4.08. The number of pyridine rings is 1. The number of anilines is 1. The van der Waals surface area contributed by atoms with Crippen molar-refractivity contribution >= 4 is 22.9 Å². The largest absolute Gasteiger partial charge is 0.479 e. The van der Waals surface area contributed by atoms with Crippen molar-refractivity contribution in [2.45, 2.75) is 26.4 Å². The Labute approximate surface area is 181 Å². The number of hydrogen-bond acceptors (Lipinski definition) is 6. The maximum atomic E-state index is 12.8. The van der Waals surface area contributed by atoms with Crippen LogP contribution in [-0.2, 0) is 4.79 Å². The topological polar surface area (TPSA) is 58.6 Å². The Morgan fingerprint density at radius 3 is 2.80 bits per heavy atom. The molecule has 0 spiro atoms. The van der Waals surface area contributed by atoms with Gasteiger partial charge in [0.05, 0.1) is 17.1 Å². The molecule has 6 nitrogen and oxygen atoms in total. The summed E-state index contributed by atoms with van der Waals surface area (Å²) in [6.45, 7) is 5.46. The summed E-state index contributed by atoms with van der Waals surface area (Å²) in [5.74, 6) is 0.746. The standard InChI is InChI=1S/C23H26N4O2S/c1-15-23(28)27(13-7-12-26(3)4)19-14-17(9-10-20(19)29-15)21-16(2)30-22(25-21)18-8-5-6-11-24-18/h5-6,8-11,14-15H,7,12-13H2,1-4H3. The zero-order chi connectivity index (χ0) is 21.3. The summed E-state index contributed by atoms with van der Waals surface area (Å²) in [5.41, 5.74) is 3.59. The van der Waals surface area contributed by atoms with Crippen molar-refractivity contribution in [3.8, 4) is 27.7 Å². The number of amides is 1. The van der Waals surface area contributed by atoms with Gasteiger partial charge in [0.1, 0.15) is 10.8 Å². The summed E-state index contributed by atoms with van der Waals surface area (Å²) in [4.78, 5) is 27.2. The number of hydrogen-bond donors (Lipinski definition) is 0. The molecular weight excluding hydrogens is 396 g/mol. The Morgan fingerprint density at radius 2 is 2.07 bits per heavy atom. The van der Waals surface area contributed by atoms with E-state index in [2.05, 4.69) is 16.8 Å². The first-order valence-corrected chi connectivity index (χ1v) is 10.9. The summed E-state index contributed by atoms with van der Waals surface area (Å²) >= 11 is 1.63. The number of aryl methyl sites for hydroxylation is 1. The lowest BCUT2D eigenvalue weighted by molar-refractivity contribution is -0.125. The molecule has 7 heteroatoms. The van der Waals surface area contributed by atoms with E-state index in [1.807, 2.05) is 62.3 Å². The van der Waals surface area contributed by atoms with Gasteiger partial charge in [0, 0.05) is 23.2 Å². The molecular formula is C23H26N4O2S. The van der Waals surface area contributed by atoms with E-state index in [4.69, 9.17) is 9.72 Å². The monoisotopic (exact) mass is 422 g/mol. The Kier molecular flexibility index (Phi) is 5.83. The van der Waals surface area contributed by atoms with Gasteiger partial charge in [-0.05, 0) is 71.2 Å². The van der Waals surface area contributed by atoms with E-state index in [9.17, 15) is 4.79 Å². The van der Waals surface area contributed by atoms with Crippen LogP contribution >= 0.6 is 11.3 Å². The van der Waals surface area contributed by atoms with Crippen LogP contribution in [0.15, 0.2) is 42.6 Å². The Hall–Kier alpha value is -2.77. The van der Waals surface area contributed by atoms with Crippen LogP contribution in [-0.4, -0.2) is 54.1 Å². The van der Waals surface area contributed by atoms with Gasteiger partial charge in [-0.1, -0.05) is 6.07 Å². The molecule has 156 valence electrons. The van der Waals surface area contributed by atoms with Crippen molar-refractivity contribution < 1.29 is 9.53 Å². The van der Waals surface area contributed by atoms with Gasteiger partial charge in [0.15, 0.2) is 6.10 Å². The molecule has 1 unspecified atom stereocenters. The SMILES string of the molecule is Cc1sc(-c2ccccn2)nc1-c1ccc2c(c1)N(CCCN(C)C)C(=O)C(C)O2. The van der Waals surface area contributed by atoms with E-state index < -0.39 is 6.10 Å². The molecule has 4 rings (SSSR count). The molecule has 0 fully saturated rings. The van der Waals surface area contributed by atoms with Crippen molar-refractivity contribution in [1.29, 1.82) is 0 Å². The second kappa shape index (κ2) is 8.53. The molecule has 3 aromatic rings. The number of fused-ring (bicyclic) bond motifs is 1. The lowest BCUT2D eigenvalue weighted by atomic mass is 10.1. The Balaban J connectivity index is 1.68. The van der Waals surface area contributed by atoms with Gasteiger partial charge in [-0.15, -0.1) is 11.3 Å². The lowest BCUT2D eigenvalue weighted by Crippen LogP contribution is -2.45. The maximum absolute atomic E-state index is 12.8. The summed E-state index contributed by atoms with van der Waals surface area (Å²) < 4.78 is 5.87. The highest BCUT2D eigenvalue weighted by Gasteiger charge is 2.31. The van der Waals surface area contributed by atoms with Crippen LogP contribution in [0.25, 0.3) is 22.0 Å². The first-order valence-electron chi connectivity index (χ1n) is 10.1. The second-order valence-corrected chi connectivity index (χ2v) is 8.93. The fourth-order valence-corrected chi connectivity index (χ4v) is 4.51. The predicted molar refractivity (Wildman–Crippen MR) is 121 cm³/mol. The molecule has 2 aromatic heterocycles. The van der Waals surface area contributed by atoms with E-state index in [1.165, 1.54) is 0 Å². The average Bonchev–Trinajstić information content (AvgIpc) is 3.13. The number of carbonyl (C=O) groups is 1. The van der Waals surface area contributed by atoms with Crippen LogP contribution < -0.4 is 9.64 Å². The molecule has 1 aliphatic heterocycles. The number of nitrogens with zero attached hydrogens (tertiary/aromatic N) is 4. The van der Waals surface area contributed by atoms with Crippen LogP contribution in [0.5, 0.6) is 5.75 Å². The zero-order valence-electron chi connectivity index (χ0n) is 17.8. The summed E-state index contributed by atoms with van der Waals surface area (Å²) in [6.07, 6.45) is 2.20. The third-order valence-corrected chi connectivity index (χ3v) is 6.10. The molecule has 0 aliphatic carbocycles. The van der Waals surface area contributed by atoms with Crippen molar-refractivity contribution in [1.82, 2.24) is 14.9 Å². The fourth-order valence-electron chi connectivity index (χ4n) is 3.59. The molecule has 0 bridgehead atoms. The minimum Gasteiger partial charge on any atom is -0.479 e. The molecule has 0 saturated heterocycles. The highest BCUT2D eigenvalue weighted by molar-refractivity contribution is 7.15. The number of thiazole rings is 1. The van der Waals surface area contributed by atoms with Crippen molar-refractivity contribution in [3.05, 3.63) is 47.5 Å². The second-order valence-electron chi connectivity index (χ2n) is 7.73. The molecule has 0 saturated carbocycles. The van der Waals surface area contributed by atoms with Crippen LogP contribution in [0, 0.1) is 6.92 Å². The number of ether oxygens (including phenoxy) is 1. The van der Waals surface area contributed by atoms with E-state index in [1.54, 1.807) is 17.5 Å². The quantitative estimate of drug-likeness (QED) is 0.594. The van der Waals surface area contributed by atoms with Crippen LogP contribution in [0.4, 0.5) is 5.69 Å². The highest BCUT2D eigenvalue weighted by Crippen LogP contribution is 2.40. The van der Waals surface area contributed by atoms with Gasteiger partial charge in [-0.2, -0.15) is 0 Å². The van der Waals surface area contributed by atoms with Gasteiger partial charge in [-0.25, -0.2) is 4.98 Å². The van der Waals surface area contributed by atoms with Gasteiger partial charge < -0.3 is 14.5 Å². The van der Waals surface area contributed by atoms with Crippen LogP contribution in [0.1, 0.15) is 18.2 Å². The number of rotatable bonds is 6. The Bertz CT molecular complexity index is 1050. The first-order chi connectivity index (χ1) is 14.4. The molecule has 1 aliphatic rings. The molecule has 1 aromatic carbocycles. The third-order valence-electron chi connectivity index (χ3n) is 5.11. The average molecular weight is 423 g/mol. The van der Waals surface area contributed by atoms with Gasteiger partial charge in [0.25, 0.3) is 5.91 Å². The molecule has 1 atom stereocenters. The van der Waals surface area contributed by atoms with Gasteiger partial charge in [0.2, 0.25) is 0 Å². The molecule has 3 heterocycles. The minimum atomic E-state index is -0.473. The van der Waals surface area contributed by atoms with Crippen molar-refractivity contribution in [2.24, 2.45) is 0 Å². The number of benzene rings is 1. The van der Waals surface area contributed by atoms with Crippen molar-refractivity contribution in [3.63, 3.8) is 0 Å².